The lowest BCUT2D eigenvalue weighted by molar-refractivity contribution is 0.0945. The van der Waals surface area contributed by atoms with E-state index in [0.717, 1.165) is 76.1 Å². The van der Waals surface area contributed by atoms with Crippen LogP contribution in [-0.4, -0.2) is 46.9 Å². The maximum atomic E-state index is 12.1. The average molecular weight is 1090 g/mol. The van der Waals surface area contributed by atoms with E-state index in [0.29, 0.717) is 12.3 Å². The molecule has 81 heavy (non-hydrogen) atoms. The van der Waals surface area contributed by atoms with Crippen LogP contribution in [0.15, 0.2) is 200 Å². The summed E-state index contributed by atoms with van der Waals surface area (Å²) in [5.74, 6) is 0.0552. The average Bonchev–Trinajstić information content (AvgIpc) is 3.49. The number of phenolic OH excluding ortho intramolecular Hbond substituents is 2. The summed E-state index contributed by atoms with van der Waals surface area (Å²) in [7, 11) is 0. The molecule has 0 unspecified atom stereocenters. The number of phenols is 2. The number of para-hydroxylation sites is 2. The third-order valence-corrected chi connectivity index (χ3v) is 12.8. The molecule has 426 valence electrons. The lowest BCUT2D eigenvalue weighted by atomic mass is 10.1. The molecule has 0 saturated carbocycles. The van der Waals surface area contributed by atoms with Crippen molar-refractivity contribution in [3.63, 3.8) is 0 Å². The van der Waals surface area contributed by atoms with Crippen LogP contribution >= 0.6 is 0 Å². The van der Waals surface area contributed by atoms with Gasteiger partial charge in [0.25, 0.3) is 23.6 Å². The molecule has 0 aliphatic heterocycles. The second-order valence-electron chi connectivity index (χ2n) is 19.3. The first kappa shape index (κ1) is 66.5. The molecule has 0 atom stereocenters. The predicted molar refractivity (Wildman–Crippen MR) is 337 cm³/mol. The van der Waals surface area contributed by atoms with Crippen LogP contribution < -0.4 is 21.3 Å². The number of hydrogen-bond donors (Lipinski definition) is 6. The Morgan fingerprint density at radius 3 is 1.07 bits per heavy atom. The zero-order valence-corrected chi connectivity index (χ0v) is 49.2. The molecule has 10 nitrogen and oxygen atoms in total. The molecule has 8 aromatic carbocycles. The van der Waals surface area contributed by atoms with Crippen molar-refractivity contribution in [2.75, 3.05) is 23.7 Å². The van der Waals surface area contributed by atoms with E-state index in [2.05, 4.69) is 61.1 Å². The number of anilines is 2. The number of rotatable bonds is 16. The summed E-state index contributed by atoms with van der Waals surface area (Å²) in [5, 5.41) is 29.9. The molecule has 8 aromatic rings. The van der Waals surface area contributed by atoms with Crippen LogP contribution in [0.1, 0.15) is 147 Å². The van der Waals surface area contributed by atoms with E-state index < -0.39 is 0 Å². The molecule has 0 bridgehead atoms. The number of carbonyl (C=O) groups excluding carboxylic acids is 4. The quantitative estimate of drug-likeness (QED) is 0.0529. The number of benzene rings is 8. The first-order valence-electron chi connectivity index (χ1n) is 28.2. The van der Waals surface area contributed by atoms with Crippen LogP contribution in [0.25, 0.3) is 0 Å². The topological polar surface area (TPSA) is 157 Å². The Morgan fingerprint density at radius 1 is 0.346 bits per heavy atom. The van der Waals surface area contributed by atoms with Gasteiger partial charge in [0, 0.05) is 41.2 Å². The van der Waals surface area contributed by atoms with Crippen molar-refractivity contribution < 1.29 is 29.4 Å². The predicted octanol–water partition coefficient (Wildman–Crippen LogP) is 16.5. The van der Waals surface area contributed by atoms with Gasteiger partial charge in [-0.2, -0.15) is 0 Å². The SMILES string of the molecule is CCCCCCCCNC(=O)c1ccccc1C.CCNC(=O)c1ccccc1C.CCc1ccc(NC(=O)c2ccccc2C)cc1.CCc1ccc(NC(=O)c2ccccc2O)cc1.Cc1ccccc1.Cc1ccccc1O. The Morgan fingerprint density at radius 2 is 0.704 bits per heavy atom. The van der Waals surface area contributed by atoms with Gasteiger partial charge in [-0.25, -0.2) is 0 Å². The van der Waals surface area contributed by atoms with E-state index in [1.54, 1.807) is 24.3 Å². The smallest absolute Gasteiger partial charge is 0.259 e. The highest BCUT2D eigenvalue weighted by atomic mass is 16.3. The zero-order valence-electron chi connectivity index (χ0n) is 49.2. The fraction of sp³-hybridized carbons (Fsp3) is 0.268. The van der Waals surface area contributed by atoms with Gasteiger partial charge in [-0.3, -0.25) is 19.2 Å². The monoisotopic (exact) mass is 1090 g/mol. The Bertz CT molecular complexity index is 2960. The molecular formula is C71H86N4O6. The Kier molecular flexibility index (Phi) is 31.8. The van der Waals surface area contributed by atoms with Crippen LogP contribution in [0.3, 0.4) is 0 Å². The summed E-state index contributed by atoms with van der Waals surface area (Å²) in [6, 6.07) is 62.5. The molecular weight excluding hydrogens is 1000 g/mol. The standard InChI is InChI=1S/C16H17NO.C16H25NO.C15H15NO2.C10H13NO.C7H8O.C7H8/c1-3-13-8-10-14(11-9-13)17-16(18)15-7-5-4-6-12(15)2;1-3-4-5-6-7-10-13-17-16(18)15-12-9-8-11-14(15)2;1-2-11-7-9-12(10-8-11)16-15(18)13-5-3-4-6-14(13)17;1-3-11-10(12)9-7-5-4-6-8(9)2;1-6-4-2-3-5-7(6)8;1-7-5-3-2-4-6-7/h4-11H,3H2,1-2H3,(H,17,18);8-9,11-12H,3-7,10,13H2,1-2H3,(H,17,18);3-10,17H,2H2,1H3,(H,16,18);4-7H,3H2,1-2H3,(H,11,12);2-5,8H,1H3;2-6H,1H3. The first-order chi connectivity index (χ1) is 39.1. The van der Waals surface area contributed by atoms with Gasteiger partial charge in [-0.1, -0.05) is 198 Å². The number of carbonyl (C=O) groups is 4. The van der Waals surface area contributed by atoms with E-state index in [9.17, 15) is 24.3 Å². The molecule has 0 saturated heterocycles. The molecule has 0 aliphatic carbocycles. The highest BCUT2D eigenvalue weighted by molar-refractivity contribution is 6.06. The largest absolute Gasteiger partial charge is 0.508 e. The van der Waals surface area contributed by atoms with Gasteiger partial charge in [0.05, 0.1) is 5.56 Å². The van der Waals surface area contributed by atoms with Gasteiger partial charge in [0.1, 0.15) is 11.5 Å². The summed E-state index contributed by atoms with van der Waals surface area (Å²) < 4.78 is 0. The minimum absolute atomic E-state index is 0.00981. The molecule has 4 amide bonds. The third kappa shape index (κ3) is 26.2. The number of aromatic hydroxyl groups is 2. The molecule has 10 heteroatoms. The summed E-state index contributed by atoms with van der Waals surface area (Å²) in [6.45, 7) is 19.6. The van der Waals surface area contributed by atoms with E-state index in [1.165, 1.54) is 54.9 Å². The van der Waals surface area contributed by atoms with Crippen LogP contribution in [0.5, 0.6) is 11.5 Å². The van der Waals surface area contributed by atoms with Crippen molar-refractivity contribution in [3.05, 3.63) is 261 Å². The number of amides is 4. The zero-order chi connectivity index (χ0) is 59.2. The summed E-state index contributed by atoms with van der Waals surface area (Å²) in [4.78, 5) is 47.2. The normalized spacial score (nSPS) is 9.84. The van der Waals surface area contributed by atoms with Gasteiger partial charge in [0.15, 0.2) is 0 Å². The van der Waals surface area contributed by atoms with Crippen molar-refractivity contribution in [2.24, 2.45) is 0 Å². The lowest BCUT2D eigenvalue weighted by Crippen LogP contribution is -2.25. The summed E-state index contributed by atoms with van der Waals surface area (Å²) in [6.07, 6.45) is 9.49. The molecule has 0 radical (unpaired) electrons. The molecule has 0 aliphatic rings. The van der Waals surface area contributed by atoms with Crippen molar-refractivity contribution in [1.29, 1.82) is 0 Å². The Hall–Kier alpha value is -8.76. The van der Waals surface area contributed by atoms with Crippen LogP contribution in [0.4, 0.5) is 11.4 Å². The number of nitrogens with one attached hydrogen (secondary N) is 4. The van der Waals surface area contributed by atoms with Crippen LogP contribution in [-0.2, 0) is 12.8 Å². The lowest BCUT2D eigenvalue weighted by Gasteiger charge is -2.08. The molecule has 0 fully saturated rings. The Balaban J connectivity index is 0.000000263. The molecule has 0 aromatic heterocycles. The van der Waals surface area contributed by atoms with E-state index in [4.69, 9.17) is 5.11 Å². The van der Waals surface area contributed by atoms with Gasteiger partial charge in [-0.15, -0.1) is 0 Å². The Labute approximate surface area is 483 Å². The van der Waals surface area contributed by atoms with Crippen molar-refractivity contribution in [2.45, 2.75) is 114 Å². The number of aryl methyl sites for hydroxylation is 7. The second-order valence-corrected chi connectivity index (χ2v) is 19.3. The van der Waals surface area contributed by atoms with Gasteiger partial charge in [0.2, 0.25) is 0 Å². The van der Waals surface area contributed by atoms with E-state index in [-0.39, 0.29) is 34.9 Å². The highest BCUT2D eigenvalue weighted by Crippen LogP contribution is 2.19. The maximum Gasteiger partial charge on any atom is 0.259 e. The van der Waals surface area contributed by atoms with Crippen molar-refractivity contribution >= 4 is 35.0 Å². The molecule has 0 heterocycles. The summed E-state index contributed by atoms with van der Waals surface area (Å²) >= 11 is 0. The molecule has 0 spiro atoms. The van der Waals surface area contributed by atoms with Crippen LogP contribution in [0.2, 0.25) is 0 Å². The van der Waals surface area contributed by atoms with Gasteiger partial charge >= 0.3 is 0 Å². The van der Waals surface area contributed by atoms with Gasteiger partial charge < -0.3 is 31.5 Å². The number of hydrogen-bond acceptors (Lipinski definition) is 6. The van der Waals surface area contributed by atoms with E-state index >= 15 is 0 Å². The second kappa shape index (κ2) is 38.7. The molecule has 6 N–H and O–H groups in total. The first-order valence-corrected chi connectivity index (χ1v) is 28.2. The van der Waals surface area contributed by atoms with Crippen LogP contribution in [0, 0.1) is 34.6 Å². The highest BCUT2D eigenvalue weighted by Gasteiger charge is 2.11. The fourth-order valence-electron chi connectivity index (χ4n) is 7.75. The van der Waals surface area contributed by atoms with E-state index in [1.807, 2.05) is 192 Å². The minimum Gasteiger partial charge on any atom is -0.508 e. The maximum absolute atomic E-state index is 12.1. The molecule has 8 rings (SSSR count). The van der Waals surface area contributed by atoms with Gasteiger partial charge in [-0.05, 0) is 155 Å². The summed E-state index contributed by atoms with van der Waals surface area (Å²) in [5.41, 5.74) is 11.9. The number of unbranched alkanes of at least 4 members (excludes halogenated alkanes) is 5. The van der Waals surface area contributed by atoms with Crippen molar-refractivity contribution in [3.8, 4) is 11.5 Å². The third-order valence-electron chi connectivity index (χ3n) is 12.8. The van der Waals surface area contributed by atoms with Crippen molar-refractivity contribution in [1.82, 2.24) is 10.6 Å². The fourth-order valence-corrected chi connectivity index (χ4v) is 7.75. The minimum atomic E-state index is -0.308.